The first-order valence-corrected chi connectivity index (χ1v) is 10.2. The van der Waals surface area contributed by atoms with Gasteiger partial charge in [0.2, 0.25) is 10.0 Å². The number of hydrogen-bond acceptors (Lipinski definition) is 5. The number of rotatable bonds is 6. The van der Waals surface area contributed by atoms with E-state index in [2.05, 4.69) is 40.4 Å². The van der Waals surface area contributed by atoms with E-state index in [1.54, 1.807) is 0 Å². The average molecular weight is 340 g/mol. The molecule has 0 aromatic carbocycles. The second-order valence-electron chi connectivity index (χ2n) is 6.82. The summed E-state index contributed by atoms with van der Waals surface area (Å²) in [5.41, 5.74) is 1.05. The Morgan fingerprint density at radius 3 is 2.61 bits per heavy atom. The smallest absolute Gasteiger partial charge is 0.209 e. The van der Waals surface area contributed by atoms with Gasteiger partial charge in [0.25, 0.3) is 0 Å². The zero-order chi connectivity index (χ0) is 17.2. The number of aromatic nitrogens is 2. The molecule has 2 heterocycles. The number of nitrogens with one attached hydrogen (secondary N) is 1. The number of aryl methyl sites for hydroxylation is 2. The molecule has 2 atom stereocenters. The van der Waals surface area contributed by atoms with Gasteiger partial charge in [-0.15, -0.1) is 0 Å². The van der Waals surface area contributed by atoms with Crippen molar-refractivity contribution in [1.29, 1.82) is 0 Å². The van der Waals surface area contributed by atoms with Gasteiger partial charge in [0, 0.05) is 30.9 Å². The van der Waals surface area contributed by atoms with Crippen LogP contribution in [0.3, 0.4) is 0 Å². The second kappa shape index (κ2) is 7.13. The molecule has 6 nitrogen and oxygen atoms in total. The highest BCUT2D eigenvalue weighted by Crippen LogP contribution is 2.28. The van der Waals surface area contributed by atoms with Gasteiger partial charge in [0.05, 0.1) is 6.26 Å². The van der Waals surface area contributed by atoms with Gasteiger partial charge in [0.15, 0.2) is 0 Å². The Kier molecular flexibility index (Phi) is 5.62. The van der Waals surface area contributed by atoms with E-state index in [4.69, 9.17) is 0 Å². The Labute approximate surface area is 139 Å². The first kappa shape index (κ1) is 18.1. The summed E-state index contributed by atoms with van der Waals surface area (Å²) >= 11 is 0. The topological polar surface area (TPSA) is 75.2 Å². The molecule has 1 N–H and O–H groups in total. The van der Waals surface area contributed by atoms with Crippen molar-refractivity contribution >= 4 is 15.8 Å². The molecule has 1 aliphatic heterocycles. The largest absolute Gasteiger partial charge is 0.355 e. The summed E-state index contributed by atoms with van der Waals surface area (Å²) in [7, 11) is -3.21. The number of hydrogen-bond donors (Lipinski definition) is 1. The Balaban J connectivity index is 2.24. The molecule has 1 fully saturated rings. The number of anilines is 1. The molecule has 2 rings (SSSR count). The fourth-order valence-electron chi connectivity index (χ4n) is 3.25. The molecule has 0 amide bonds. The molecule has 0 saturated carbocycles. The standard InChI is InChI=1S/C16H28N4O2S/c1-6-7-13-8-16(18-12(4)17-13)20-9-14(11(2)3)15(10-20)19-23(5,21)22/h8,11,14-15,19H,6-7,9-10H2,1-5H3/t14-,15+/m1/s1. The molecule has 0 spiro atoms. The van der Waals surface area contributed by atoms with Crippen molar-refractivity contribution in [2.45, 2.75) is 46.6 Å². The third-order valence-electron chi connectivity index (χ3n) is 4.29. The van der Waals surface area contributed by atoms with E-state index in [9.17, 15) is 8.42 Å². The molecule has 1 aromatic rings. The van der Waals surface area contributed by atoms with E-state index < -0.39 is 10.0 Å². The molecule has 0 aliphatic carbocycles. The van der Waals surface area contributed by atoms with Crippen molar-refractivity contribution in [3.8, 4) is 0 Å². The molecule has 130 valence electrons. The second-order valence-corrected chi connectivity index (χ2v) is 8.60. The Bertz CT molecular complexity index is 645. The molecule has 0 bridgehead atoms. The summed E-state index contributed by atoms with van der Waals surface area (Å²) < 4.78 is 26.1. The molecule has 0 radical (unpaired) electrons. The molecule has 7 heteroatoms. The van der Waals surface area contributed by atoms with Crippen LogP contribution in [0.5, 0.6) is 0 Å². The van der Waals surface area contributed by atoms with Crippen LogP contribution in [0.15, 0.2) is 6.07 Å². The maximum absolute atomic E-state index is 11.6. The van der Waals surface area contributed by atoms with Crippen molar-refractivity contribution in [1.82, 2.24) is 14.7 Å². The summed E-state index contributed by atoms with van der Waals surface area (Å²) in [4.78, 5) is 11.2. The highest BCUT2D eigenvalue weighted by Gasteiger charge is 2.36. The fourth-order valence-corrected chi connectivity index (χ4v) is 4.05. The van der Waals surface area contributed by atoms with Crippen LogP contribution in [0, 0.1) is 18.8 Å². The molecule has 1 saturated heterocycles. The van der Waals surface area contributed by atoms with Crippen molar-refractivity contribution in [2.24, 2.45) is 11.8 Å². The SMILES string of the molecule is CCCc1cc(N2C[C@H](NS(C)(=O)=O)[C@@H](C(C)C)C2)nc(C)n1. The molecular weight excluding hydrogens is 312 g/mol. The third kappa shape index (κ3) is 4.88. The lowest BCUT2D eigenvalue weighted by atomic mass is 9.92. The van der Waals surface area contributed by atoms with Crippen LogP contribution >= 0.6 is 0 Å². The summed E-state index contributed by atoms with van der Waals surface area (Å²) in [6.45, 7) is 9.78. The van der Waals surface area contributed by atoms with E-state index in [0.29, 0.717) is 12.5 Å². The minimum atomic E-state index is -3.21. The summed E-state index contributed by atoms with van der Waals surface area (Å²) in [5, 5.41) is 0. The summed E-state index contributed by atoms with van der Waals surface area (Å²) in [6.07, 6.45) is 3.20. The van der Waals surface area contributed by atoms with Gasteiger partial charge in [0.1, 0.15) is 11.6 Å². The minimum Gasteiger partial charge on any atom is -0.355 e. The molecule has 1 aliphatic rings. The number of nitrogens with zero attached hydrogens (tertiary/aromatic N) is 3. The third-order valence-corrected chi connectivity index (χ3v) is 5.03. The average Bonchev–Trinajstić information content (AvgIpc) is 2.80. The summed E-state index contributed by atoms with van der Waals surface area (Å²) in [5.74, 6) is 2.35. The predicted octanol–water partition coefficient (Wildman–Crippen LogP) is 1.75. The molecular formula is C16H28N4O2S. The molecule has 1 aromatic heterocycles. The van der Waals surface area contributed by atoms with Gasteiger partial charge >= 0.3 is 0 Å². The Morgan fingerprint density at radius 2 is 2.04 bits per heavy atom. The fraction of sp³-hybridized carbons (Fsp3) is 0.750. The minimum absolute atomic E-state index is 0.0742. The lowest BCUT2D eigenvalue weighted by molar-refractivity contribution is 0.365. The van der Waals surface area contributed by atoms with Gasteiger partial charge in [-0.25, -0.2) is 23.1 Å². The van der Waals surface area contributed by atoms with E-state index in [1.807, 2.05) is 13.0 Å². The van der Waals surface area contributed by atoms with Crippen LogP contribution in [-0.4, -0.2) is 43.8 Å². The number of sulfonamides is 1. The van der Waals surface area contributed by atoms with Gasteiger partial charge in [-0.1, -0.05) is 27.2 Å². The summed E-state index contributed by atoms with van der Waals surface area (Å²) in [6, 6.07) is 1.96. The van der Waals surface area contributed by atoms with E-state index >= 15 is 0 Å². The first-order chi connectivity index (χ1) is 10.7. The van der Waals surface area contributed by atoms with E-state index in [-0.39, 0.29) is 12.0 Å². The Hall–Kier alpha value is -1.21. The lowest BCUT2D eigenvalue weighted by Gasteiger charge is -2.21. The molecule has 0 unspecified atom stereocenters. The van der Waals surface area contributed by atoms with Crippen LogP contribution in [-0.2, 0) is 16.4 Å². The Morgan fingerprint density at radius 1 is 1.35 bits per heavy atom. The quantitative estimate of drug-likeness (QED) is 0.854. The van der Waals surface area contributed by atoms with E-state index in [0.717, 1.165) is 36.7 Å². The van der Waals surface area contributed by atoms with Gasteiger partial charge in [-0.2, -0.15) is 0 Å². The first-order valence-electron chi connectivity index (χ1n) is 8.26. The van der Waals surface area contributed by atoms with Gasteiger partial charge in [-0.05, 0) is 25.2 Å². The monoisotopic (exact) mass is 340 g/mol. The zero-order valence-electron chi connectivity index (χ0n) is 14.7. The predicted molar refractivity (Wildman–Crippen MR) is 93.1 cm³/mol. The van der Waals surface area contributed by atoms with Crippen LogP contribution in [0.1, 0.15) is 38.7 Å². The maximum atomic E-state index is 11.6. The van der Waals surface area contributed by atoms with Gasteiger partial charge in [-0.3, -0.25) is 0 Å². The van der Waals surface area contributed by atoms with Gasteiger partial charge < -0.3 is 4.90 Å². The zero-order valence-corrected chi connectivity index (χ0v) is 15.5. The van der Waals surface area contributed by atoms with Crippen LogP contribution in [0.25, 0.3) is 0 Å². The van der Waals surface area contributed by atoms with E-state index in [1.165, 1.54) is 6.26 Å². The highest BCUT2D eigenvalue weighted by atomic mass is 32.2. The normalized spacial score (nSPS) is 22.1. The van der Waals surface area contributed by atoms with Crippen molar-refractivity contribution < 1.29 is 8.42 Å². The van der Waals surface area contributed by atoms with Crippen LogP contribution in [0.2, 0.25) is 0 Å². The van der Waals surface area contributed by atoms with Crippen LogP contribution in [0.4, 0.5) is 5.82 Å². The molecule has 23 heavy (non-hydrogen) atoms. The highest BCUT2D eigenvalue weighted by molar-refractivity contribution is 7.88. The van der Waals surface area contributed by atoms with Crippen molar-refractivity contribution in [3.63, 3.8) is 0 Å². The van der Waals surface area contributed by atoms with Crippen LogP contribution < -0.4 is 9.62 Å². The van der Waals surface area contributed by atoms with Crippen molar-refractivity contribution in [2.75, 3.05) is 24.2 Å². The van der Waals surface area contributed by atoms with Crippen molar-refractivity contribution in [3.05, 3.63) is 17.6 Å². The maximum Gasteiger partial charge on any atom is 0.209 e. The lowest BCUT2D eigenvalue weighted by Crippen LogP contribution is -2.41.